The van der Waals surface area contributed by atoms with E-state index in [0.29, 0.717) is 16.3 Å². The molecule has 1 aromatic carbocycles. The quantitative estimate of drug-likeness (QED) is 0.629. The van der Waals surface area contributed by atoms with Crippen molar-refractivity contribution in [1.29, 1.82) is 5.26 Å². The van der Waals surface area contributed by atoms with Gasteiger partial charge in [-0.2, -0.15) is 5.26 Å². The van der Waals surface area contributed by atoms with Crippen LogP contribution >= 0.6 is 11.6 Å². The highest BCUT2D eigenvalue weighted by Gasteiger charge is 2.26. The lowest BCUT2D eigenvalue weighted by Crippen LogP contribution is -2.05. The normalized spacial score (nSPS) is 15.5. The number of aliphatic imine (C=N–C) groups is 1. The lowest BCUT2D eigenvalue weighted by atomic mass is 10.2. The number of rotatable bonds is 2. The number of carbonyl (C=O) groups is 1. The molecule has 23 heavy (non-hydrogen) atoms. The van der Waals surface area contributed by atoms with E-state index in [1.165, 1.54) is 0 Å². The Labute approximate surface area is 138 Å². The van der Waals surface area contributed by atoms with Crippen molar-refractivity contribution in [3.63, 3.8) is 0 Å². The van der Waals surface area contributed by atoms with Gasteiger partial charge < -0.3 is 9.30 Å². The maximum atomic E-state index is 12.0. The van der Waals surface area contributed by atoms with Crippen molar-refractivity contribution in [1.82, 2.24) is 4.57 Å². The standard InChI is InChI=1S/C17H12ClN3O2/c1-10-11(7-12(9-19)21(10)2)8-15-17(22)23-16(20-15)13-5-3-4-6-14(13)18/h3-8H,1-2H3. The maximum Gasteiger partial charge on any atom is 0.363 e. The summed E-state index contributed by atoms with van der Waals surface area (Å²) in [5.41, 5.74) is 2.87. The van der Waals surface area contributed by atoms with Gasteiger partial charge in [-0.3, -0.25) is 0 Å². The molecule has 2 aromatic rings. The van der Waals surface area contributed by atoms with Gasteiger partial charge in [0.1, 0.15) is 11.8 Å². The fourth-order valence-electron chi connectivity index (χ4n) is 2.28. The van der Waals surface area contributed by atoms with Crippen LogP contribution in [0, 0.1) is 18.3 Å². The number of nitriles is 1. The number of ether oxygens (including phenoxy) is 1. The van der Waals surface area contributed by atoms with Gasteiger partial charge in [0.05, 0.1) is 10.6 Å². The Hall–Kier alpha value is -2.84. The number of halogens is 1. The average Bonchev–Trinajstić information content (AvgIpc) is 3.03. The molecule has 0 spiro atoms. The highest BCUT2D eigenvalue weighted by atomic mass is 35.5. The molecule has 0 aliphatic carbocycles. The minimum absolute atomic E-state index is 0.179. The van der Waals surface area contributed by atoms with Gasteiger partial charge in [0, 0.05) is 12.7 Å². The molecule has 0 unspecified atom stereocenters. The molecule has 5 nitrogen and oxygen atoms in total. The monoisotopic (exact) mass is 325 g/mol. The number of hydrogen-bond donors (Lipinski definition) is 0. The highest BCUT2D eigenvalue weighted by Crippen LogP contribution is 2.25. The molecule has 0 amide bonds. The Bertz CT molecular complexity index is 916. The molecule has 0 bridgehead atoms. The summed E-state index contributed by atoms with van der Waals surface area (Å²) in [5.74, 6) is -0.359. The maximum absolute atomic E-state index is 12.0. The molecular formula is C17H12ClN3O2. The molecule has 6 heteroatoms. The molecule has 0 saturated heterocycles. The lowest BCUT2D eigenvalue weighted by Gasteiger charge is -2.00. The topological polar surface area (TPSA) is 67.4 Å². The second-order valence-electron chi connectivity index (χ2n) is 5.06. The van der Waals surface area contributed by atoms with Crippen molar-refractivity contribution >= 4 is 29.5 Å². The largest absolute Gasteiger partial charge is 0.402 e. The molecule has 0 atom stereocenters. The molecule has 1 aliphatic heterocycles. The van der Waals surface area contributed by atoms with Crippen molar-refractivity contribution in [2.45, 2.75) is 6.92 Å². The number of carbonyl (C=O) groups excluding carboxylic acids is 1. The molecule has 0 radical (unpaired) electrons. The highest BCUT2D eigenvalue weighted by molar-refractivity contribution is 6.34. The van der Waals surface area contributed by atoms with Crippen LogP contribution in [0.2, 0.25) is 5.02 Å². The zero-order valence-corrected chi connectivity index (χ0v) is 13.3. The van der Waals surface area contributed by atoms with Crippen LogP contribution in [-0.4, -0.2) is 16.4 Å². The fourth-order valence-corrected chi connectivity index (χ4v) is 2.50. The zero-order chi connectivity index (χ0) is 16.6. The van der Waals surface area contributed by atoms with Gasteiger partial charge in [0.25, 0.3) is 0 Å². The van der Waals surface area contributed by atoms with Crippen LogP contribution in [0.5, 0.6) is 0 Å². The first kappa shape index (κ1) is 15.1. The number of nitrogens with zero attached hydrogens (tertiary/aromatic N) is 3. The Morgan fingerprint density at radius 2 is 2.13 bits per heavy atom. The van der Waals surface area contributed by atoms with E-state index in [1.807, 2.05) is 6.92 Å². The molecule has 3 rings (SSSR count). The van der Waals surface area contributed by atoms with Crippen LogP contribution in [0.25, 0.3) is 6.08 Å². The molecule has 0 saturated carbocycles. The van der Waals surface area contributed by atoms with Crippen LogP contribution in [0.4, 0.5) is 0 Å². The van der Waals surface area contributed by atoms with Gasteiger partial charge in [-0.05, 0) is 36.8 Å². The summed E-state index contributed by atoms with van der Waals surface area (Å²) in [4.78, 5) is 16.3. The van der Waals surface area contributed by atoms with Crippen molar-refractivity contribution in [3.05, 3.63) is 63.6 Å². The van der Waals surface area contributed by atoms with Crippen molar-refractivity contribution in [3.8, 4) is 6.07 Å². The van der Waals surface area contributed by atoms with Crippen LogP contribution in [-0.2, 0) is 16.6 Å². The van der Waals surface area contributed by atoms with E-state index in [9.17, 15) is 4.79 Å². The van der Waals surface area contributed by atoms with Crippen molar-refractivity contribution in [2.24, 2.45) is 12.0 Å². The SMILES string of the molecule is Cc1c(C=C2N=C(c3ccccc3Cl)OC2=O)cc(C#N)n1C. The number of esters is 1. The molecule has 114 valence electrons. The third-order valence-corrected chi connectivity index (χ3v) is 4.04. The first-order chi connectivity index (χ1) is 11.0. The molecule has 1 aliphatic rings. The van der Waals surface area contributed by atoms with E-state index in [4.69, 9.17) is 21.6 Å². The number of hydrogen-bond acceptors (Lipinski definition) is 4. The number of cyclic esters (lactones) is 1. The molecule has 1 aromatic heterocycles. The Morgan fingerprint density at radius 1 is 1.39 bits per heavy atom. The molecule has 0 fully saturated rings. The second kappa shape index (κ2) is 5.75. The molecule has 2 heterocycles. The van der Waals surface area contributed by atoms with Gasteiger partial charge in [-0.15, -0.1) is 0 Å². The van der Waals surface area contributed by atoms with Gasteiger partial charge in [-0.25, -0.2) is 9.79 Å². The van der Waals surface area contributed by atoms with Gasteiger partial charge in [0.2, 0.25) is 5.90 Å². The third-order valence-electron chi connectivity index (χ3n) is 3.71. The number of benzene rings is 1. The molecular weight excluding hydrogens is 314 g/mol. The smallest absolute Gasteiger partial charge is 0.363 e. The summed E-state index contributed by atoms with van der Waals surface area (Å²) < 4.78 is 6.96. The van der Waals surface area contributed by atoms with Crippen LogP contribution in [0.3, 0.4) is 0 Å². The number of aromatic nitrogens is 1. The summed E-state index contributed by atoms with van der Waals surface area (Å²) in [6.07, 6.45) is 1.61. The van der Waals surface area contributed by atoms with Crippen LogP contribution in [0.15, 0.2) is 41.0 Å². The van der Waals surface area contributed by atoms with Crippen LogP contribution < -0.4 is 0 Å². The van der Waals surface area contributed by atoms with Crippen molar-refractivity contribution in [2.75, 3.05) is 0 Å². The van der Waals surface area contributed by atoms with E-state index in [1.54, 1.807) is 48.0 Å². The first-order valence-electron chi connectivity index (χ1n) is 6.85. The van der Waals surface area contributed by atoms with E-state index in [-0.39, 0.29) is 11.6 Å². The Balaban J connectivity index is 2.03. The average molecular weight is 326 g/mol. The minimum atomic E-state index is -0.540. The summed E-state index contributed by atoms with van der Waals surface area (Å²) in [5, 5.41) is 9.53. The third kappa shape index (κ3) is 2.65. The summed E-state index contributed by atoms with van der Waals surface area (Å²) in [6.45, 7) is 1.87. The zero-order valence-electron chi connectivity index (χ0n) is 12.5. The van der Waals surface area contributed by atoms with Crippen molar-refractivity contribution < 1.29 is 9.53 Å². The summed E-state index contributed by atoms with van der Waals surface area (Å²) in [7, 11) is 1.79. The minimum Gasteiger partial charge on any atom is -0.402 e. The predicted octanol–water partition coefficient (Wildman–Crippen LogP) is 3.20. The lowest BCUT2D eigenvalue weighted by molar-refractivity contribution is -0.129. The van der Waals surface area contributed by atoms with Gasteiger partial charge in [-0.1, -0.05) is 23.7 Å². The Kier molecular flexibility index (Phi) is 3.77. The first-order valence-corrected chi connectivity index (χ1v) is 7.23. The Morgan fingerprint density at radius 3 is 2.78 bits per heavy atom. The van der Waals surface area contributed by atoms with E-state index in [2.05, 4.69) is 11.1 Å². The molecule has 0 N–H and O–H groups in total. The van der Waals surface area contributed by atoms with E-state index < -0.39 is 5.97 Å². The van der Waals surface area contributed by atoms with E-state index >= 15 is 0 Å². The predicted molar refractivity (Wildman–Crippen MR) is 86.9 cm³/mol. The summed E-state index contributed by atoms with van der Waals surface area (Å²) in [6, 6.07) is 10.8. The van der Waals surface area contributed by atoms with Crippen LogP contribution in [0.1, 0.15) is 22.5 Å². The second-order valence-corrected chi connectivity index (χ2v) is 5.46. The van der Waals surface area contributed by atoms with E-state index in [0.717, 1.165) is 11.3 Å². The summed E-state index contributed by atoms with van der Waals surface area (Å²) >= 11 is 6.10. The van der Waals surface area contributed by atoms with Gasteiger partial charge in [0.15, 0.2) is 5.70 Å². The van der Waals surface area contributed by atoms with Gasteiger partial charge >= 0.3 is 5.97 Å². The fraction of sp³-hybridized carbons (Fsp3) is 0.118.